The number of methoxy groups -OCH3 is 1. The highest BCUT2D eigenvalue weighted by atomic mass is 16.5. The van der Waals surface area contributed by atoms with Crippen molar-refractivity contribution in [2.45, 2.75) is 13.3 Å². The van der Waals surface area contributed by atoms with Gasteiger partial charge in [0.1, 0.15) is 5.69 Å². The van der Waals surface area contributed by atoms with Crippen LogP contribution in [0.4, 0.5) is 0 Å². The lowest BCUT2D eigenvalue weighted by atomic mass is 10.1. The van der Waals surface area contributed by atoms with Crippen LogP contribution in [-0.4, -0.2) is 42.0 Å². The van der Waals surface area contributed by atoms with Gasteiger partial charge in [-0.1, -0.05) is 24.3 Å². The maximum atomic E-state index is 12.6. The summed E-state index contributed by atoms with van der Waals surface area (Å²) in [5, 5.41) is 1.79. The van der Waals surface area contributed by atoms with E-state index in [1.54, 1.807) is 11.1 Å². The van der Waals surface area contributed by atoms with Gasteiger partial charge in [0.25, 0.3) is 5.91 Å². The highest BCUT2D eigenvalue weighted by molar-refractivity contribution is 6.05. The second-order valence-electron chi connectivity index (χ2n) is 4.59. The van der Waals surface area contributed by atoms with Gasteiger partial charge in [-0.3, -0.25) is 14.6 Å². The summed E-state index contributed by atoms with van der Waals surface area (Å²) in [5.41, 5.74) is 0.416. The minimum absolute atomic E-state index is 0.168. The molecule has 0 N–H and O–H groups in total. The largest absolute Gasteiger partial charge is 0.469 e. The zero-order valence-electron chi connectivity index (χ0n) is 12.2. The van der Waals surface area contributed by atoms with Crippen LogP contribution in [0, 0.1) is 0 Å². The fraction of sp³-hybridized carbons (Fsp3) is 0.312. The normalized spacial score (nSPS) is 10.4. The first kappa shape index (κ1) is 15.0. The Morgan fingerprint density at radius 3 is 2.71 bits per heavy atom. The molecular formula is C16H18N2O3. The van der Waals surface area contributed by atoms with E-state index in [4.69, 9.17) is 0 Å². The lowest BCUT2D eigenvalue weighted by molar-refractivity contribution is -0.140. The Morgan fingerprint density at radius 2 is 2.00 bits per heavy atom. The smallest absolute Gasteiger partial charge is 0.307 e. The highest BCUT2D eigenvalue weighted by Crippen LogP contribution is 2.18. The number of amides is 1. The van der Waals surface area contributed by atoms with Crippen LogP contribution in [0.3, 0.4) is 0 Å². The first-order chi connectivity index (χ1) is 10.2. The van der Waals surface area contributed by atoms with Crippen molar-refractivity contribution in [2.24, 2.45) is 0 Å². The van der Waals surface area contributed by atoms with Crippen molar-refractivity contribution in [2.75, 3.05) is 20.2 Å². The number of fused-ring (bicyclic) bond motifs is 1. The summed E-state index contributed by atoms with van der Waals surface area (Å²) in [5.74, 6) is -0.495. The number of carbonyl (C=O) groups excluding carboxylic acids is 2. The summed E-state index contributed by atoms with van der Waals surface area (Å²) in [7, 11) is 1.34. The Hall–Kier alpha value is -2.43. The van der Waals surface area contributed by atoms with Gasteiger partial charge in [-0.2, -0.15) is 0 Å². The summed E-state index contributed by atoms with van der Waals surface area (Å²) in [6.45, 7) is 2.72. The number of rotatable bonds is 5. The molecule has 0 fully saturated rings. The Bertz CT molecular complexity index is 650. The molecular weight excluding hydrogens is 268 g/mol. The fourth-order valence-electron chi connectivity index (χ4n) is 2.17. The van der Waals surface area contributed by atoms with Gasteiger partial charge in [-0.15, -0.1) is 0 Å². The third-order valence-electron chi connectivity index (χ3n) is 3.36. The van der Waals surface area contributed by atoms with E-state index in [0.717, 1.165) is 10.8 Å². The summed E-state index contributed by atoms with van der Waals surface area (Å²) >= 11 is 0. The number of esters is 1. The van der Waals surface area contributed by atoms with Crippen molar-refractivity contribution in [1.29, 1.82) is 0 Å². The van der Waals surface area contributed by atoms with Gasteiger partial charge in [0, 0.05) is 24.7 Å². The van der Waals surface area contributed by atoms with Crippen LogP contribution in [-0.2, 0) is 9.53 Å². The lowest BCUT2D eigenvalue weighted by Crippen LogP contribution is -2.33. The average molecular weight is 286 g/mol. The van der Waals surface area contributed by atoms with Gasteiger partial charge in [0.15, 0.2) is 0 Å². The van der Waals surface area contributed by atoms with E-state index in [-0.39, 0.29) is 18.3 Å². The number of nitrogens with zero attached hydrogens (tertiary/aromatic N) is 2. The van der Waals surface area contributed by atoms with Gasteiger partial charge in [-0.25, -0.2) is 0 Å². The van der Waals surface area contributed by atoms with Gasteiger partial charge >= 0.3 is 5.97 Å². The van der Waals surface area contributed by atoms with E-state index < -0.39 is 0 Å². The number of pyridine rings is 1. The van der Waals surface area contributed by atoms with Crippen molar-refractivity contribution < 1.29 is 14.3 Å². The minimum atomic E-state index is -0.327. The second kappa shape index (κ2) is 6.83. The molecule has 0 saturated carbocycles. The zero-order valence-corrected chi connectivity index (χ0v) is 12.2. The molecule has 5 nitrogen and oxygen atoms in total. The topological polar surface area (TPSA) is 59.5 Å². The molecule has 0 aliphatic rings. The van der Waals surface area contributed by atoms with Gasteiger partial charge in [0.05, 0.1) is 13.5 Å². The SMILES string of the molecule is CCN(CCC(=O)OC)C(=O)c1nccc2ccccc12. The van der Waals surface area contributed by atoms with E-state index in [1.807, 2.05) is 37.3 Å². The molecule has 0 saturated heterocycles. The van der Waals surface area contributed by atoms with Crippen molar-refractivity contribution in [3.05, 3.63) is 42.2 Å². The van der Waals surface area contributed by atoms with Crippen LogP contribution >= 0.6 is 0 Å². The first-order valence-electron chi connectivity index (χ1n) is 6.87. The molecule has 2 aromatic rings. The third kappa shape index (κ3) is 3.37. The van der Waals surface area contributed by atoms with E-state index in [0.29, 0.717) is 18.8 Å². The third-order valence-corrected chi connectivity index (χ3v) is 3.36. The standard InChI is InChI=1S/C16H18N2O3/c1-3-18(11-9-14(19)21-2)16(20)15-13-7-5-4-6-12(13)8-10-17-15/h4-8,10H,3,9,11H2,1-2H3. The number of ether oxygens (including phenoxy) is 1. The maximum Gasteiger partial charge on any atom is 0.307 e. The molecule has 0 bridgehead atoms. The van der Waals surface area contributed by atoms with Crippen molar-refractivity contribution in [3.63, 3.8) is 0 Å². The van der Waals surface area contributed by atoms with Crippen molar-refractivity contribution in [1.82, 2.24) is 9.88 Å². The second-order valence-corrected chi connectivity index (χ2v) is 4.59. The van der Waals surface area contributed by atoms with Crippen LogP contribution < -0.4 is 0 Å². The molecule has 110 valence electrons. The minimum Gasteiger partial charge on any atom is -0.469 e. The van der Waals surface area contributed by atoms with Crippen LogP contribution in [0.15, 0.2) is 36.5 Å². The molecule has 1 aromatic heterocycles. The monoisotopic (exact) mass is 286 g/mol. The zero-order chi connectivity index (χ0) is 15.2. The lowest BCUT2D eigenvalue weighted by Gasteiger charge is -2.20. The van der Waals surface area contributed by atoms with E-state index in [2.05, 4.69) is 9.72 Å². The number of hydrogen-bond donors (Lipinski definition) is 0. The highest BCUT2D eigenvalue weighted by Gasteiger charge is 2.18. The Morgan fingerprint density at radius 1 is 1.24 bits per heavy atom. The Balaban J connectivity index is 2.25. The predicted molar refractivity (Wildman–Crippen MR) is 80.0 cm³/mol. The number of aromatic nitrogens is 1. The Kier molecular flexibility index (Phi) is 4.87. The van der Waals surface area contributed by atoms with Crippen LogP contribution in [0.25, 0.3) is 10.8 Å². The first-order valence-corrected chi connectivity index (χ1v) is 6.87. The van der Waals surface area contributed by atoms with E-state index >= 15 is 0 Å². The van der Waals surface area contributed by atoms with Crippen LogP contribution in [0.2, 0.25) is 0 Å². The summed E-state index contributed by atoms with van der Waals surface area (Å²) < 4.78 is 4.61. The summed E-state index contributed by atoms with van der Waals surface area (Å²) in [6.07, 6.45) is 1.81. The predicted octanol–water partition coefficient (Wildman–Crippen LogP) is 2.26. The van der Waals surface area contributed by atoms with Gasteiger partial charge < -0.3 is 9.64 Å². The maximum absolute atomic E-state index is 12.6. The molecule has 1 aromatic carbocycles. The van der Waals surface area contributed by atoms with E-state index in [1.165, 1.54) is 7.11 Å². The number of benzene rings is 1. The summed E-state index contributed by atoms with van der Waals surface area (Å²) in [6, 6.07) is 9.50. The van der Waals surface area contributed by atoms with Crippen molar-refractivity contribution >= 4 is 22.6 Å². The van der Waals surface area contributed by atoms with E-state index in [9.17, 15) is 9.59 Å². The summed E-state index contributed by atoms with van der Waals surface area (Å²) in [4.78, 5) is 29.6. The fourth-order valence-corrected chi connectivity index (χ4v) is 2.17. The van der Waals surface area contributed by atoms with Gasteiger partial charge in [-0.05, 0) is 18.4 Å². The molecule has 0 aliphatic carbocycles. The van der Waals surface area contributed by atoms with Gasteiger partial charge in [0.2, 0.25) is 0 Å². The molecule has 21 heavy (non-hydrogen) atoms. The average Bonchev–Trinajstić information content (AvgIpc) is 2.54. The number of carbonyl (C=O) groups is 2. The molecule has 5 heteroatoms. The molecule has 1 amide bonds. The molecule has 2 rings (SSSR count). The molecule has 0 atom stereocenters. The number of hydrogen-bond acceptors (Lipinski definition) is 4. The van der Waals surface area contributed by atoms with Crippen LogP contribution in [0.5, 0.6) is 0 Å². The molecule has 0 unspecified atom stereocenters. The molecule has 0 aliphatic heterocycles. The molecule has 0 spiro atoms. The van der Waals surface area contributed by atoms with Crippen LogP contribution in [0.1, 0.15) is 23.8 Å². The molecule has 1 heterocycles. The van der Waals surface area contributed by atoms with Crippen molar-refractivity contribution in [3.8, 4) is 0 Å². The Labute approximate surface area is 123 Å². The quantitative estimate of drug-likeness (QED) is 0.791. The molecule has 0 radical (unpaired) electrons.